The molecule has 3 nitrogen and oxygen atoms in total. The fourth-order valence-corrected chi connectivity index (χ4v) is 4.41. The molecule has 3 heteroatoms. The number of aliphatic hydroxyl groups excluding tert-OH is 1. The summed E-state index contributed by atoms with van der Waals surface area (Å²) in [5.41, 5.74) is 2.84. The van der Waals surface area contributed by atoms with E-state index in [-0.39, 0.29) is 0 Å². The van der Waals surface area contributed by atoms with Crippen molar-refractivity contribution in [2.45, 2.75) is 64.1 Å². The molecule has 0 spiro atoms. The van der Waals surface area contributed by atoms with Gasteiger partial charge < -0.3 is 5.11 Å². The van der Waals surface area contributed by atoms with Gasteiger partial charge in [-0.25, -0.2) is 0 Å². The van der Waals surface area contributed by atoms with Crippen LogP contribution in [0.1, 0.15) is 49.7 Å². The zero-order chi connectivity index (χ0) is 16.1. The fourth-order valence-electron chi connectivity index (χ4n) is 4.41. The summed E-state index contributed by atoms with van der Waals surface area (Å²) in [7, 11) is 0. The van der Waals surface area contributed by atoms with Gasteiger partial charge in [-0.2, -0.15) is 0 Å². The number of aliphatic hydroxyl groups is 1. The molecule has 1 aliphatic heterocycles. The van der Waals surface area contributed by atoms with Crippen molar-refractivity contribution >= 4 is 0 Å². The molecule has 1 aliphatic carbocycles. The molecule has 0 aromatic heterocycles. The van der Waals surface area contributed by atoms with Gasteiger partial charge in [-0.3, -0.25) is 9.80 Å². The fraction of sp³-hybridized carbons (Fsp3) is 0.700. The van der Waals surface area contributed by atoms with Gasteiger partial charge in [0.15, 0.2) is 0 Å². The summed E-state index contributed by atoms with van der Waals surface area (Å²) in [6.07, 6.45) is 7.83. The highest BCUT2D eigenvalue weighted by Gasteiger charge is 2.32. The smallest absolute Gasteiger partial charge is 0.0446 e. The number of rotatable bonds is 5. The van der Waals surface area contributed by atoms with Gasteiger partial charge >= 0.3 is 0 Å². The standard InChI is InChI=1S/C20H32N2O/c1-17-7-5-6-8-18(17)15-21-12-13-22(20(16-21)11-14-23)19-9-3-2-4-10-19/h5-8,19-20,23H,2-4,9-16H2,1H3/t20-/m0/s1. The van der Waals surface area contributed by atoms with Crippen LogP contribution in [0.15, 0.2) is 24.3 Å². The zero-order valence-electron chi connectivity index (χ0n) is 14.6. The summed E-state index contributed by atoms with van der Waals surface area (Å²) in [6, 6.07) is 10.0. The van der Waals surface area contributed by atoms with Crippen molar-refractivity contribution in [2.75, 3.05) is 26.2 Å². The first kappa shape index (κ1) is 16.9. The van der Waals surface area contributed by atoms with Crippen molar-refractivity contribution in [3.63, 3.8) is 0 Å². The number of benzene rings is 1. The second kappa shape index (κ2) is 8.27. The van der Waals surface area contributed by atoms with Gasteiger partial charge in [-0.05, 0) is 37.3 Å². The Labute approximate surface area is 141 Å². The molecule has 1 atom stereocenters. The first-order chi connectivity index (χ1) is 11.3. The monoisotopic (exact) mass is 316 g/mol. The van der Waals surface area contributed by atoms with Crippen molar-refractivity contribution in [3.05, 3.63) is 35.4 Å². The Morgan fingerprint density at radius 1 is 1.09 bits per heavy atom. The van der Waals surface area contributed by atoms with Crippen LogP contribution in [-0.4, -0.2) is 53.2 Å². The summed E-state index contributed by atoms with van der Waals surface area (Å²) in [5, 5.41) is 9.51. The van der Waals surface area contributed by atoms with Gasteiger partial charge in [0.25, 0.3) is 0 Å². The maximum Gasteiger partial charge on any atom is 0.0446 e. The molecule has 2 fully saturated rings. The van der Waals surface area contributed by atoms with Crippen molar-refractivity contribution in [3.8, 4) is 0 Å². The average Bonchev–Trinajstić information content (AvgIpc) is 2.58. The summed E-state index contributed by atoms with van der Waals surface area (Å²) in [4.78, 5) is 5.31. The topological polar surface area (TPSA) is 26.7 Å². The van der Waals surface area contributed by atoms with E-state index in [1.807, 2.05) is 0 Å². The third kappa shape index (κ3) is 4.34. The number of hydrogen-bond donors (Lipinski definition) is 1. The van der Waals surface area contributed by atoms with Gasteiger partial charge in [-0.1, -0.05) is 43.5 Å². The Hall–Kier alpha value is -0.900. The normalized spacial score (nSPS) is 24.9. The third-order valence-electron chi connectivity index (χ3n) is 5.77. The van der Waals surface area contributed by atoms with Gasteiger partial charge in [0, 0.05) is 44.9 Å². The van der Waals surface area contributed by atoms with E-state index in [0.717, 1.165) is 32.1 Å². The lowest BCUT2D eigenvalue weighted by Gasteiger charge is -2.46. The van der Waals surface area contributed by atoms with Crippen molar-refractivity contribution in [1.82, 2.24) is 9.80 Å². The highest BCUT2D eigenvalue weighted by molar-refractivity contribution is 5.25. The minimum atomic E-state index is 0.312. The first-order valence-corrected chi connectivity index (χ1v) is 9.41. The Morgan fingerprint density at radius 3 is 2.61 bits per heavy atom. The third-order valence-corrected chi connectivity index (χ3v) is 5.77. The van der Waals surface area contributed by atoms with E-state index in [9.17, 15) is 5.11 Å². The second-order valence-corrected chi connectivity index (χ2v) is 7.36. The molecule has 2 aliphatic rings. The van der Waals surface area contributed by atoms with Gasteiger partial charge in [0.2, 0.25) is 0 Å². The van der Waals surface area contributed by atoms with Crippen molar-refractivity contribution in [1.29, 1.82) is 0 Å². The van der Waals surface area contributed by atoms with Crippen LogP contribution in [-0.2, 0) is 6.54 Å². The van der Waals surface area contributed by atoms with E-state index in [0.29, 0.717) is 12.6 Å². The molecule has 1 N–H and O–H groups in total. The van der Waals surface area contributed by atoms with E-state index < -0.39 is 0 Å². The van der Waals surface area contributed by atoms with Crippen LogP contribution in [0.4, 0.5) is 0 Å². The summed E-state index contributed by atoms with van der Waals surface area (Å²) in [6.45, 7) is 7.00. The van der Waals surface area contributed by atoms with Crippen LogP contribution in [0.5, 0.6) is 0 Å². The minimum Gasteiger partial charge on any atom is -0.396 e. The van der Waals surface area contributed by atoms with E-state index in [1.54, 1.807) is 0 Å². The van der Waals surface area contributed by atoms with Gasteiger partial charge in [0.1, 0.15) is 0 Å². The van der Waals surface area contributed by atoms with Gasteiger partial charge in [-0.15, -0.1) is 0 Å². The van der Waals surface area contributed by atoms with Crippen LogP contribution >= 0.6 is 0 Å². The molecule has 0 radical (unpaired) electrons. The van der Waals surface area contributed by atoms with Gasteiger partial charge in [0.05, 0.1) is 0 Å². The largest absolute Gasteiger partial charge is 0.396 e. The molecule has 1 saturated carbocycles. The van der Waals surface area contributed by atoms with E-state index >= 15 is 0 Å². The quantitative estimate of drug-likeness (QED) is 0.904. The molecule has 3 rings (SSSR count). The van der Waals surface area contributed by atoms with E-state index in [4.69, 9.17) is 0 Å². The summed E-state index contributed by atoms with van der Waals surface area (Å²) < 4.78 is 0. The van der Waals surface area contributed by atoms with E-state index in [2.05, 4.69) is 41.0 Å². The average molecular weight is 316 g/mol. The summed E-state index contributed by atoms with van der Waals surface area (Å²) in [5.74, 6) is 0. The molecule has 1 aromatic rings. The first-order valence-electron chi connectivity index (χ1n) is 9.41. The van der Waals surface area contributed by atoms with E-state index in [1.165, 1.54) is 49.8 Å². The molecule has 0 unspecified atom stereocenters. The molecule has 0 bridgehead atoms. The van der Waals surface area contributed by atoms with Crippen LogP contribution in [0.3, 0.4) is 0 Å². The minimum absolute atomic E-state index is 0.312. The zero-order valence-corrected chi connectivity index (χ0v) is 14.6. The predicted octanol–water partition coefficient (Wildman–Crippen LogP) is 3.20. The number of hydrogen-bond acceptors (Lipinski definition) is 3. The molecular weight excluding hydrogens is 284 g/mol. The van der Waals surface area contributed by atoms with Crippen LogP contribution in [0, 0.1) is 6.92 Å². The summed E-state index contributed by atoms with van der Waals surface area (Å²) >= 11 is 0. The van der Waals surface area contributed by atoms with Crippen molar-refractivity contribution < 1.29 is 5.11 Å². The lowest BCUT2D eigenvalue weighted by Crippen LogP contribution is -2.56. The Kier molecular flexibility index (Phi) is 6.09. The molecular formula is C20H32N2O. The Balaban J connectivity index is 1.62. The van der Waals surface area contributed by atoms with Crippen LogP contribution in [0.2, 0.25) is 0 Å². The molecule has 1 heterocycles. The van der Waals surface area contributed by atoms with Crippen LogP contribution < -0.4 is 0 Å². The molecule has 1 aromatic carbocycles. The predicted molar refractivity (Wildman–Crippen MR) is 95.5 cm³/mol. The lowest BCUT2D eigenvalue weighted by atomic mass is 9.91. The second-order valence-electron chi connectivity index (χ2n) is 7.36. The highest BCUT2D eigenvalue weighted by Crippen LogP contribution is 2.27. The number of nitrogens with zero attached hydrogens (tertiary/aromatic N) is 2. The molecule has 0 amide bonds. The maximum atomic E-state index is 9.51. The Morgan fingerprint density at radius 2 is 1.87 bits per heavy atom. The molecule has 1 saturated heterocycles. The highest BCUT2D eigenvalue weighted by atomic mass is 16.3. The molecule has 128 valence electrons. The number of piperazine rings is 1. The molecule has 23 heavy (non-hydrogen) atoms. The maximum absolute atomic E-state index is 9.51. The number of aryl methyl sites for hydroxylation is 1. The van der Waals surface area contributed by atoms with Crippen LogP contribution in [0.25, 0.3) is 0 Å². The lowest BCUT2D eigenvalue weighted by molar-refractivity contribution is 0.0136. The van der Waals surface area contributed by atoms with Crippen molar-refractivity contribution in [2.24, 2.45) is 0 Å². The SMILES string of the molecule is Cc1ccccc1CN1CCN(C2CCCCC2)[C@@H](CCO)C1. The Bertz CT molecular complexity index is 484.